The molecule has 5 nitrogen and oxygen atoms in total. The zero-order valence-corrected chi connectivity index (χ0v) is 21.6. The van der Waals surface area contributed by atoms with Crippen LogP contribution in [0.1, 0.15) is 55.4 Å². The molecule has 0 radical (unpaired) electrons. The van der Waals surface area contributed by atoms with Gasteiger partial charge in [0, 0.05) is 12.1 Å². The zero-order chi connectivity index (χ0) is 28.5. The number of hydrogen-bond donors (Lipinski definition) is 2. The third-order valence-electron chi connectivity index (χ3n) is 5.83. The number of carbonyl (C=O) groups is 1. The average Bonchev–Trinajstić information content (AvgIpc) is 2.89. The molecule has 3 aromatic carbocycles. The molecule has 38 heavy (non-hydrogen) atoms. The number of aliphatic hydroxyl groups is 1. The molecule has 0 aliphatic carbocycles. The zero-order valence-electron chi connectivity index (χ0n) is 21.6. The van der Waals surface area contributed by atoms with Crippen molar-refractivity contribution in [1.29, 1.82) is 5.26 Å². The van der Waals surface area contributed by atoms with Crippen molar-refractivity contribution in [2.75, 3.05) is 12.4 Å². The molecule has 0 bridgehead atoms. The minimum atomic E-state index is -4.81. The van der Waals surface area contributed by atoms with Gasteiger partial charge >= 0.3 is 6.18 Å². The molecular weight excluding hydrogens is 500 g/mol. The Kier molecular flexibility index (Phi) is 10.4. The molecule has 3 rings (SSSR count). The third-order valence-corrected chi connectivity index (χ3v) is 5.83. The Morgan fingerprint density at radius 1 is 1.08 bits per heavy atom. The molecule has 0 saturated carbocycles. The molecule has 202 valence electrons. The van der Waals surface area contributed by atoms with Crippen LogP contribution < -0.4 is 10.1 Å². The van der Waals surface area contributed by atoms with E-state index in [4.69, 9.17) is 10.00 Å². The van der Waals surface area contributed by atoms with Gasteiger partial charge in [0.1, 0.15) is 17.2 Å². The number of nitriles is 1. The van der Waals surface area contributed by atoms with Crippen LogP contribution in [0.25, 0.3) is 0 Å². The van der Waals surface area contributed by atoms with E-state index < -0.39 is 40.5 Å². The largest absolute Gasteiger partial charge is 0.496 e. The van der Waals surface area contributed by atoms with Crippen molar-refractivity contribution in [3.8, 4) is 11.8 Å². The molecule has 2 atom stereocenters. The van der Waals surface area contributed by atoms with Crippen LogP contribution in [-0.2, 0) is 17.4 Å². The summed E-state index contributed by atoms with van der Waals surface area (Å²) in [6.07, 6.45) is -5.14. The fourth-order valence-electron chi connectivity index (χ4n) is 4.09. The maximum atomic E-state index is 14.0. The Balaban J connectivity index is 0.00000247. The maximum Gasteiger partial charge on any atom is 0.417 e. The summed E-state index contributed by atoms with van der Waals surface area (Å²) in [6, 6.07) is 16.8. The molecule has 0 fully saturated rings. The summed E-state index contributed by atoms with van der Waals surface area (Å²) in [4.78, 5) is 13.3. The Morgan fingerprint density at radius 2 is 1.74 bits per heavy atom. The number of rotatable bonds is 8. The summed E-state index contributed by atoms with van der Waals surface area (Å²) in [6.45, 7) is 5.68. The number of hydrogen-bond acceptors (Lipinski definition) is 4. The highest BCUT2D eigenvalue weighted by atomic mass is 19.4. The van der Waals surface area contributed by atoms with Gasteiger partial charge in [0.15, 0.2) is 0 Å². The molecular formula is C29H30F4N2O3. The second kappa shape index (κ2) is 13.1. The van der Waals surface area contributed by atoms with Gasteiger partial charge in [0.2, 0.25) is 0 Å². The van der Waals surface area contributed by atoms with Crippen LogP contribution in [0.2, 0.25) is 0 Å². The molecule has 0 heterocycles. The number of amides is 1. The fraction of sp³-hybridized carbons (Fsp3) is 0.310. The first-order chi connectivity index (χ1) is 18.0. The van der Waals surface area contributed by atoms with E-state index in [0.717, 1.165) is 12.1 Å². The average molecular weight is 531 g/mol. The summed E-state index contributed by atoms with van der Waals surface area (Å²) in [7, 11) is 1.41. The van der Waals surface area contributed by atoms with Gasteiger partial charge in [0.05, 0.1) is 24.3 Å². The predicted molar refractivity (Wildman–Crippen MR) is 137 cm³/mol. The van der Waals surface area contributed by atoms with Gasteiger partial charge in [-0.3, -0.25) is 4.79 Å². The van der Waals surface area contributed by atoms with Crippen molar-refractivity contribution >= 4 is 11.6 Å². The Bertz CT molecular complexity index is 1270. The van der Waals surface area contributed by atoms with Crippen LogP contribution >= 0.6 is 0 Å². The number of anilines is 1. The molecule has 2 unspecified atom stereocenters. The first-order valence-corrected chi connectivity index (χ1v) is 12.0. The van der Waals surface area contributed by atoms with Crippen LogP contribution in [0.15, 0.2) is 66.7 Å². The molecule has 0 aliphatic rings. The van der Waals surface area contributed by atoms with E-state index in [2.05, 4.69) is 5.32 Å². The van der Waals surface area contributed by atoms with Crippen molar-refractivity contribution in [2.45, 2.75) is 51.3 Å². The van der Waals surface area contributed by atoms with E-state index in [9.17, 15) is 27.5 Å². The normalized spacial score (nSPS) is 13.3. The molecule has 0 aliphatic heterocycles. The van der Waals surface area contributed by atoms with Crippen LogP contribution in [0, 0.1) is 17.1 Å². The summed E-state index contributed by atoms with van der Waals surface area (Å²) in [5.74, 6) is -1.66. The highest BCUT2D eigenvalue weighted by Gasteiger charge is 2.39. The van der Waals surface area contributed by atoms with Crippen molar-refractivity contribution in [1.82, 2.24) is 0 Å². The monoisotopic (exact) mass is 530 g/mol. The molecule has 0 saturated heterocycles. The topological polar surface area (TPSA) is 82.3 Å². The maximum absolute atomic E-state index is 14.0. The number of halogens is 4. The quantitative estimate of drug-likeness (QED) is 0.312. The lowest BCUT2D eigenvalue weighted by Gasteiger charge is -2.30. The number of carbonyl (C=O) groups excluding carboxylic acids is 1. The predicted octanol–water partition coefficient (Wildman–Crippen LogP) is 6.86. The SMILES string of the molecule is CC.COc1ccc(F)cc1C(C)CC(O)(Cc1ccccc1)C(=O)Nc1ccc(C#N)c(C(F)(F)F)c1. The number of benzene rings is 3. The Hall–Kier alpha value is -3.90. The highest BCUT2D eigenvalue weighted by Crippen LogP contribution is 2.36. The number of methoxy groups -OCH3 is 1. The van der Waals surface area contributed by atoms with E-state index in [0.29, 0.717) is 22.9 Å². The first-order valence-electron chi connectivity index (χ1n) is 12.0. The number of nitrogens with zero attached hydrogens (tertiary/aromatic N) is 1. The molecule has 3 aromatic rings. The summed E-state index contributed by atoms with van der Waals surface area (Å²) >= 11 is 0. The van der Waals surface area contributed by atoms with Gasteiger partial charge in [-0.1, -0.05) is 51.1 Å². The fourth-order valence-corrected chi connectivity index (χ4v) is 4.09. The Morgan fingerprint density at radius 3 is 2.32 bits per heavy atom. The smallest absolute Gasteiger partial charge is 0.417 e. The third kappa shape index (κ3) is 7.56. The molecule has 0 spiro atoms. The van der Waals surface area contributed by atoms with Crippen molar-refractivity contribution < 1.29 is 32.2 Å². The van der Waals surface area contributed by atoms with E-state index >= 15 is 0 Å². The molecule has 1 amide bonds. The summed E-state index contributed by atoms with van der Waals surface area (Å²) in [5, 5.41) is 22.9. The lowest BCUT2D eigenvalue weighted by Crippen LogP contribution is -2.46. The first kappa shape index (κ1) is 30.3. The van der Waals surface area contributed by atoms with Gasteiger partial charge in [-0.2, -0.15) is 18.4 Å². The summed E-state index contributed by atoms with van der Waals surface area (Å²) in [5.41, 5.74) is -3.06. The number of nitrogens with one attached hydrogen (secondary N) is 1. The number of alkyl halides is 3. The van der Waals surface area contributed by atoms with Gasteiger partial charge in [-0.15, -0.1) is 0 Å². The van der Waals surface area contributed by atoms with Gasteiger partial charge in [-0.25, -0.2) is 4.39 Å². The van der Waals surface area contributed by atoms with E-state index in [1.54, 1.807) is 37.3 Å². The highest BCUT2D eigenvalue weighted by molar-refractivity contribution is 5.97. The second-order valence-corrected chi connectivity index (χ2v) is 8.51. The lowest BCUT2D eigenvalue weighted by atomic mass is 9.82. The molecule has 2 N–H and O–H groups in total. The minimum absolute atomic E-state index is 0.149. The van der Waals surface area contributed by atoms with Crippen molar-refractivity contribution in [3.05, 3.63) is 94.8 Å². The van der Waals surface area contributed by atoms with Crippen LogP contribution in [0.3, 0.4) is 0 Å². The van der Waals surface area contributed by atoms with Gasteiger partial charge in [-0.05, 0) is 59.9 Å². The van der Waals surface area contributed by atoms with E-state index in [1.165, 1.54) is 31.4 Å². The van der Waals surface area contributed by atoms with Gasteiger partial charge < -0.3 is 15.2 Å². The summed E-state index contributed by atoms with van der Waals surface area (Å²) < 4.78 is 59.4. The second-order valence-electron chi connectivity index (χ2n) is 8.51. The van der Waals surface area contributed by atoms with Crippen molar-refractivity contribution in [3.63, 3.8) is 0 Å². The van der Waals surface area contributed by atoms with Gasteiger partial charge in [0.25, 0.3) is 5.91 Å². The lowest BCUT2D eigenvalue weighted by molar-refractivity contribution is -0.138. The van der Waals surface area contributed by atoms with E-state index in [-0.39, 0.29) is 18.5 Å². The standard InChI is InChI=1S/C27H24F4N2O3.C2H6/c1-17(22-12-20(28)9-11-24(22)36-2)14-26(35,15-18-6-4-3-5-7-18)25(34)33-21-10-8-19(16-32)23(13-21)27(29,30)31;1-2/h3-13,17,35H,14-15H2,1-2H3,(H,33,34);1-2H3. The number of ether oxygens (including phenoxy) is 1. The van der Waals surface area contributed by atoms with E-state index in [1.807, 2.05) is 13.8 Å². The molecule has 9 heteroatoms. The van der Waals surface area contributed by atoms with Crippen molar-refractivity contribution in [2.24, 2.45) is 0 Å². The molecule has 0 aromatic heterocycles. The Labute approximate surface area is 219 Å². The van der Waals surface area contributed by atoms with Crippen LogP contribution in [0.4, 0.5) is 23.2 Å². The van der Waals surface area contributed by atoms with Crippen LogP contribution in [-0.4, -0.2) is 23.7 Å². The van der Waals surface area contributed by atoms with Crippen LogP contribution in [0.5, 0.6) is 5.75 Å². The minimum Gasteiger partial charge on any atom is -0.496 e.